The highest BCUT2D eigenvalue weighted by Gasteiger charge is 2.10. The molecule has 0 atom stereocenters. The highest BCUT2D eigenvalue weighted by atomic mass is 32.1. The average Bonchev–Trinajstić information content (AvgIpc) is 2.82. The summed E-state index contributed by atoms with van der Waals surface area (Å²) in [6, 6.07) is 10.7. The van der Waals surface area contributed by atoms with Gasteiger partial charge < -0.3 is 0 Å². The predicted molar refractivity (Wildman–Crippen MR) is 75.6 cm³/mol. The lowest BCUT2D eigenvalue weighted by molar-refractivity contribution is 1.03. The second kappa shape index (κ2) is 5.79. The van der Waals surface area contributed by atoms with Gasteiger partial charge in [-0.3, -0.25) is 0 Å². The van der Waals surface area contributed by atoms with E-state index in [0.29, 0.717) is 6.42 Å². The summed E-state index contributed by atoms with van der Waals surface area (Å²) in [6.07, 6.45) is 2.41. The molecule has 0 aliphatic heterocycles. The van der Waals surface area contributed by atoms with Crippen LogP contribution in [0.1, 0.15) is 30.0 Å². The zero-order valence-electron chi connectivity index (χ0n) is 10.7. The fourth-order valence-corrected chi connectivity index (χ4v) is 2.96. The largest absolute Gasteiger partial charge is 0.241 e. The first-order valence-corrected chi connectivity index (χ1v) is 7.05. The van der Waals surface area contributed by atoms with Gasteiger partial charge in [-0.05, 0) is 18.4 Å². The molecule has 2 nitrogen and oxygen atoms in total. The summed E-state index contributed by atoms with van der Waals surface area (Å²) in [6.45, 7) is 4.23. The number of nitrogens with zero attached hydrogens (tertiary/aromatic N) is 2. The van der Waals surface area contributed by atoms with E-state index in [1.54, 1.807) is 11.3 Å². The van der Waals surface area contributed by atoms with E-state index < -0.39 is 0 Å². The molecule has 2 aromatic rings. The third kappa shape index (κ3) is 2.60. The van der Waals surface area contributed by atoms with Crippen molar-refractivity contribution in [2.24, 2.45) is 0 Å². The van der Waals surface area contributed by atoms with Crippen molar-refractivity contribution in [2.75, 3.05) is 0 Å². The maximum absolute atomic E-state index is 8.82. The van der Waals surface area contributed by atoms with Crippen molar-refractivity contribution < 1.29 is 0 Å². The van der Waals surface area contributed by atoms with Crippen molar-refractivity contribution in [3.63, 3.8) is 0 Å². The molecule has 2 rings (SSSR count). The van der Waals surface area contributed by atoms with Gasteiger partial charge in [-0.1, -0.05) is 38.1 Å². The number of nitriles is 1. The molecule has 0 saturated heterocycles. The molecule has 0 bridgehead atoms. The Kier molecular flexibility index (Phi) is 4.11. The Bertz CT molecular complexity index is 561. The molecule has 0 fully saturated rings. The summed E-state index contributed by atoms with van der Waals surface area (Å²) in [4.78, 5) is 5.75. The van der Waals surface area contributed by atoms with Crippen LogP contribution in [0.15, 0.2) is 24.3 Å². The number of aryl methyl sites for hydroxylation is 2. The molecule has 0 aliphatic rings. The van der Waals surface area contributed by atoms with Gasteiger partial charge >= 0.3 is 0 Å². The van der Waals surface area contributed by atoms with E-state index in [4.69, 9.17) is 5.26 Å². The van der Waals surface area contributed by atoms with Gasteiger partial charge in [0.2, 0.25) is 0 Å². The minimum absolute atomic E-state index is 0.466. The topological polar surface area (TPSA) is 36.7 Å². The lowest BCUT2D eigenvalue weighted by atomic mass is 10.1. The van der Waals surface area contributed by atoms with Gasteiger partial charge in [-0.25, -0.2) is 4.98 Å². The van der Waals surface area contributed by atoms with Crippen molar-refractivity contribution >= 4 is 11.3 Å². The molecule has 92 valence electrons. The predicted octanol–water partition coefficient (Wildman–Crippen LogP) is 4.00. The number of aromatic nitrogens is 1. The summed E-state index contributed by atoms with van der Waals surface area (Å²) in [5.41, 5.74) is 3.55. The highest BCUT2D eigenvalue weighted by Crippen LogP contribution is 2.29. The maximum Gasteiger partial charge on any atom is 0.123 e. The number of hydrogen-bond donors (Lipinski definition) is 0. The van der Waals surface area contributed by atoms with Crippen LogP contribution in [-0.2, 0) is 19.3 Å². The second-order valence-electron chi connectivity index (χ2n) is 4.13. The third-order valence-corrected chi connectivity index (χ3v) is 4.11. The van der Waals surface area contributed by atoms with Crippen molar-refractivity contribution in [1.82, 2.24) is 4.98 Å². The van der Waals surface area contributed by atoms with E-state index in [0.717, 1.165) is 34.0 Å². The quantitative estimate of drug-likeness (QED) is 0.829. The van der Waals surface area contributed by atoms with Crippen molar-refractivity contribution in [2.45, 2.75) is 33.1 Å². The fraction of sp³-hybridized carbons (Fsp3) is 0.333. The Morgan fingerprint density at radius 3 is 2.44 bits per heavy atom. The van der Waals surface area contributed by atoms with Gasteiger partial charge in [0.15, 0.2) is 0 Å². The first kappa shape index (κ1) is 12.8. The van der Waals surface area contributed by atoms with Gasteiger partial charge in [0.05, 0.1) is 18.2 Å². The first-order valence-electron chi connectivity index (χ1n) is 6.23. The van der Waals surface area contributed by atoms with Crippen LogP contribution < -0.4 is 0 Å². The van der Waals surface area contributed by atoms with E-state index in [1.807, 2.05) is 0 Å². The molecule has 1 heterocycles. The lowest BCUT2D eigenvalue weighted by Crippen LogP contribution is -1.86. The molecule has 1 aromatic heterocycles. The van der Waals surface area contributed by atoms with Gasteiger partial charge in [0.1, 0.15) is 5.01 Å². The van der Waals surface area contributed by atoms with E-state index >= 15 is 0 Å². The summed E-state index contributed by atoms with van der Waals surface area (Å²) in [5, 5.41) is 9.84. The maximum atomic E-state index is 8.82. The van der Waals surface area contributed by atoms with Gasteiger partial charge in [-0.15, -0.1) is 11.3 Å². The number of benzene rings is 1. The van der Waals surface area contributed by atoms with E-state index in [1.165, 1.54) is 5.56 Å². The summed E-state index contributed by atoms with van der Waals surface area (Å²) < 4.78 is 0. The van der Waals surface area contributed by atoms with Crippen LogP contribution >= 0.6 is 11.3 Å². The minimum Gasteiger partial charge on any atom is -0.241 e. The normalized spacial score (nSPS) is 10.3. The van der Waals surface area contributed by atoms with Crippen LogP contribution in [0.2, 0.25) is 0 Å². The molecular formula is C15H16N2S. The standard InChI is InChI=1S/C15H16N2S/c1-3-11-5-7-12(8-6-11)15-17-13(4-2)14(18-15)9-10-16/h5-8H,3-4,9H2,1-2H3. The monoisotopic (exact) mass is 256 g/mol. The highest BCUT2D eigenvalue weighted by molar-refractivity contribution is 7.15. The van der Waals surface area contributed by atoms with E-state index in [2.05, 4.69) is 49.2 Å². The average molecular weight is 256 g/mol. The molecule has 0 unspecified atom stereocenters. The number of hydrogen-bond acceptors (Lipinski definition) is 3. The van der Waals surface area contributed by atoms with Gasteiger partial charge in [0.25, 0.3) is 0 Å². The molecule has 0 spiro atoms. The Hall–Kier alpha value is -1.66. The smallest absolute Gasteiger partial charge is 0.123 e. The molecule has 0 saturated carbocycles. The Morgan fingerprint density at radius 1 is 1.17 bits per heavy atom. The van der Waals surface area contributed by atoms with Crippen LogP contribution in [-0.4, -0.2) is 4.98 Å². The van der Waals surface area contributed by atoms with E-state index in [9.17, 15) is 0 Å². The zero-order chi connectivity index (χ0) is 13.0. The molecule has 0 N–H and O–H groups in total. The molecule has 0 amide bonds. The molecular weight excluding hydrogens is 240 g/mol. The Balaban J connectivity index is 2.35. The van der Waals surface area contributed by atoms with Crippen molar-refractivity contribution in [3.05, 3.63) is 40.4 Å². The van der Waals surface area contributed by atoms with Crippen LogP contribution in [0.25, 0.3) is 10.6 Å². The van der Waals surface area contributed by atoms with E-state index in [-0.39, 0.29) is 0 Å². The molecule has 0 radical (unpaired) electrons. The number of thiazole rings is 1. The minimum atomic E-state index is 0.466. The zero-order valence-corrected chi connectivity index (χ0v) is 11.5. The first-order chi connectivity index (χ1) is 8.78. The summed E-state index contributed by atoms with van der Waals surface area (Å²) >= 11 is 1.64. The van der Waals surface area contributed by atoms with Crippen LogP contribution in [0.4, 0.5) is 0 Å². The van der Waals surface area contributed by atoms with Crippen LogP contribution in [0, 0.1) is 11.3 Å². The van der Waals surface area contributed by atoms with Crippen molar-refractivity contribution in [1.29, 1.82) is 5.26 Å². The molecule has 3 heteroatoms. The molecule has 1 aromatic carbocycles. The summed E-state index contributed by atoms with van der Waals surface area (Å²) in [7, 11) is 0. The third-order valence-electron chi connectivity index (χ3n) is 2.96. The van der Waals surface area contributed by atoms with Crippen molar-refractivity contribution in [3.8, 4) is 16.6 Å². The SMILES string of the molecule is CCc1ccc(-c2nc(CC)c(CC#N)s2)cc1. The van der Waals surface area contributed by atoms with Gasteiger partial charge in [0, 0.05) is 10.4 Å². The number of rotatable bonds is 4. The Labute approximate surface area is 112 Å². The second-order valence-corrected chi connectivity index (χ2v) is 5.21. The molecule has 18 heavy (non-hydrogen) atoms. The van der Waals surface area contributed by atoms with Crippen LogP contribution in [0.5, 0.6) is 0 Å². The Morgan fingerprint density at radius 2 is 1.89 bits per heavy atom. The van der Waals surface area contributed by atoms with Crippen LogP contribution in [0.3, 0.4) is 0 Å². The lowest BCUT2D eigenvalue weighted by Gasteiger charge is -1.98. The molecule has 0 aliphatic carbocycles. The fourth-order valence-electron chi connectivity index (χ4n) is 1.88. The van der Waals surface area contributed by atoms with Gasteiger partial charge in [-0.2, -0.15) is 5.26 Å². The summed E-state index contributed by atoms with van der Waals surface area (Å²) in [5.74, 6) is 0.